The fraction of sp³-hybridized carbons (Fsp3) is 0.294. The number of ether oxygens (including phenoxy) is 1. The van der Waals surface area contributed by atoms with Gasteiger partial charge in [0.1, 0.15) is 17.3 Å². The van der Waals surface area contributed by atoms with Gasteiger partial charge in [-0.15, -0.1) is 0 Å². The Bertz CT molecular complexity index is 4960. The third kappa shape index (κ3) is 12.0. The molecule has 0 saturated heterocycles. The van der Waals surface area contributed by atoms with Gasteiger partial charge in [0.25, 0.3) is 6.33 Å². The summed E-state index contributed by atoms with van der Waals surface area (Å²) < 4.78 is 82.2. The molecule has 9 aromatic carbocycles. The summed E-state index contributed by atoms with van der Waals surface area (Å²) in [4.78, 5) is 4.83. The van der Waals surface area contributed by atoms with Crippen molar-refractivity contribution in [1.29, 1.82) is 0 Å². The molecule has 5 nitrogen and oxygen atoms in total. The summed E-state index contributed by atoms with van der Waals surface area (Å²) in [5.41, 5.74) is 18.0. The maximum atomic E-state index is 8.77. The van der Waals surface area contributed by atoms with E-state index in [1.165, 1.54) is 45.6 Å². The molecule has 90 heavy (non-hydrogen) atoms. The first-order valence-electron chi connectivity index (χ1n) is 35.6. The molecule has 0 fully saturated rings. The number of rotatable bonds is 9. The van der Waals surface area contributed by atoms with Crippen molar-refractivity contribution < 1.29 is 20.3 Å². The summed E-state index contributed by atoms with van der Waals surface area (Å²) in [6.45, 7) is 38.5. The third-order valence-electron chi connectivity index (χ3n) is 17.7. The van der Waals surface area contributed by atoms with E-state index in [9.17, 15) is 0 Å². The Morgan fingerprint density at radius 1 is 0.422 bits per heavy atom. The zero-order valence-corrected chi connectivity index (χ0v) is 55.9. The molecule has 0 aliphatic carbocycles. The second-order valence-electron chi connectivity index (χ2n) is 30.8. The Morgan fingerprint density at radius 3 is 1.48 bits per heavy atom. The van der Waals surface area contributed by atoms with E-state index in [-0.39, 0.29) is 55.0 Å². The number of pyridine rings is 1. The highest BCUT2D eigenvalue weighted by Crippen LogP contribution is 2.44. The van der Waals surface area contributed by atoms with Crippen molar-refractivity contribution in [2.75, 3.05) is 0 Å². The molecule has 0 unspecified atom stereocenters. The van der Waals surface area contributed by atoms with Gasteiger partial charge in [-0.05, 0) is 166 Å². The maximum Gasteiger partial charge on any atom is 0.269 e. The zero-order chi connectivity index (χ0) is 71.1. The minimum absolute atomic E-state index is 0.0694. The number of aromatic nitrogens is 4. The Hall–Kier alpha value is -8.80. The fourth-order valence-corrected chi connectivity index (χ4v) is 12.1. The third-order valence-corrected chi connectivity index (χ3v) is 17.7. The van der Waals surface area contributed by atoms with Crippen LogP contribution in [0.5, 0.6) is 11.5 Å². The Kier molecular flexibility index (Phi) is 12.9. The predicted molar refractivity (Wildman–Crippen MR) is 381 cm³/mol. The van der Waals surface area contributed by atoms with Crippen molar-refractivity contribution in [3.8, 4) is 73.2 Å². The Balaban J connectivity index is 1.09. The van der Waals surface area contributed by atoms with Gasteiger partial charge in [0.2, 0.25) is 0 Å². The molecule has 456 valence electrons. The number of benzene rings is 9. The molecular weight excluding hydrogens is 1090 g/mol. The van der Waals surface area contributed by atoms with E-state index in [2.05, 4.69) is 237 Å². The molecule has 0 atom stereocenters. The van der Waals surface area contributed by atoms with Crippen LogP contribution in [0.25, 0.3) is 94.5 Å². The van der Waals surface area contributed by atoms with Crippen LogP contribution in [0.3, 0.4) is 0 Å². The molecule has 0 radical (unpaired) electrons. The van der Waals surface area contributed by atoms with Crippen LogP contribution in [-0.4, -0.2) is 14.1 Å². The normalized spacial score (nSPS) is 14.2. The second kappa shape index (κ2) is 22.3. The minimum atomic E-state index is -2.77. The molecule has 12 rings (SSSR count). The van der Waals surface area contributed by atoms with Crippen molar-refractivity contribution >= 4 is 32.8 Å². The highest BCUT2D eigenvalue weighted by Gasteiger charge is 2.29. The Morgan fingerprint density at radius 2 is 0.933 bits per heavy atom. The lowest BCUT2D eigenvalue weighted by molar-refractivity contribution is -0.571. The monoisotopic (exact) mass is 1190 g/mol. The molecule has 0 saturated carbocycles. The minimum Gasteiger partial charge on any atom is -0.458 e. The fourth-order valence-electron chi connectivity index (χ4n) is 12.1. The predicted octanol–water partition coefficient (Wildman–Crippen LogP) is 22.8. The summed E-state index contributed by atoms with van der Waals surface area (Å²) in [6.07, 6.45) is 5.35. The lowest BCUT2D eigenvalue weighted by Crippen LogP contribution is -2.31. The smallest absolute Gasteiger partial charge is 0.269 e. The zero-order valence-electron chi connectivity index (χ0n) is 63.9. The van der Waals surface area contributed by atoms with Gasteiger partial charge in [-0.2, -0.15) is 0 Å². The van der Waals surface area contributed by atoms with Crippen LogP contribution in [0.4, 0.5) is 0 Å². The number of aryl methyl sites for hydroxylation is 1. The lowest BCUT2D eigenvalue weighted by atomic mass is 9.77. The Labute approximate surface area is 547 Å². The van der Waals surface area contributed by atoms with Crippen LogP contribution in [0.15, 0.2) is 200 Å². The second-order valence-corrected chi connectivity index (χ2v) is 30.8. The number of para-hydroxylation sites is 2. The first-order valence-corrected chi connectivity index (χ1v) is 31.6. The van der Waals surface area contributed by atoms with E-state index >= 15 is 0 Å². The SMILES string of the molecule is [2H]c1c([2H])c([2H])c(-c2cnc(-n3c4ccccc4c4ccc(Oc5cccc(-n6[c-][n+](-c7c(-c8cc(C(C)(C)C)cc(C(C)(C)C)c8)cccc7-c7cc(C(C)(C)C)cc(C(C)(C)C)c7)c7ccc(-c8cc(C(C)(C)C)cc(C(C)(C)C)c8)cc76)c5)cc43)cc2C([2H])([2H])[2H])c([2H])c1[2H]. The first-order chi connectivity index (χ1) is 45.6. The van der Waals surface area contributed by atoms with Gasteiger partial charge in [-0.3, -0.25) is 13.7 Å². The molecule has 3 aromatic heterocycles. The average molecular weight is 1190 g/mol. The van der Waals surface area contributed by atoms with Gasteiger partial charge < -0.3 is 4.74 Å². The summed E-state index contributed by atoms with van der Waals surface area (Å²) in [5, 5.41) is 1.76. The van der Waals surface area contributed by atoms with Crippen molar-refractivity contribution in [2.45, 2.75) is 164 Å². The van der Waals surface area contributed by atoms with Crippen LogP contribution >= 0.6 is 0 Å². The van der Waals surface area contributed by atoms with Gasteiger partial charge in [-0.1, -0.05) is 264 Å². The van der Waals surface area contributed by atoms with Crippen LogP contribution in [0, 0.1) is 13.2 Å². The number of nitrogens with zero attached hydrogens (tertiary/aromatic N) is 4. The lowest BCUT2D eigenvalue weighted by Gasteiger charge is -2.28. The molecule has 0 amide bonds. The summed E-state index contributed by atoms with van der Waals surface area (Å²) >= 11 is 0. The highest BCUT2D eigenvalue weighted by atomic mass is 16.5. The van der Waals surface area contributed by atoms with E-state index in [1.54, 1.807) is 0 Å². The van der Waals surface area contributed by atoms with Gasteiger partial charge in [0.15, 0.2) is 0 Å². The van der Waals surface area contributed by atoms with Crippen molar-refractivity contribution in [3.05, 3.63) is 245 Å². The summed E-state index contributed by atoms with van der Waals surface area (Å²) in [7, 11) is 0. The van der Waals surface area contributed by atoms with E-state index in [0.717, 1.165) is 72.1 Å². The molecule has 0 spiro atoms. The van der Waals surface area contributed by atoms with Gasteiger partial charge in [0.05, 0.1) is 40.3 Å². The largest absolute Gasteiger partial charge is 0.458 e. The topological polar surface area (TPSA) is 35.9 Å². The van der Waals surface area contributed by atoms with Crippen molar-refractivity contribution in [2.24, 2.45) is 0 Å². The number of imidazole rings is 1. The number of fused-ring (bicyclic) bond motifs is 4. The molecule has 0 N–H and O–H groups in total. The summed E-state index contributed by atoms with van der Waals surface area (Å²) in [5.74, 6) is 1.33. The van der Waals surface area contributed by atoms with Crippen LogP contribution < -0.4 is 9.30 Å². The van der Waals surface area contributed by atoms with E-state index < -0.39 is 37.1 Å². The maximum absolute atomic E-state index is 8.77. The summed E-state index contributed by atoms with van der Waals surface area (Å²) in [6, 6.07) is 55.5. The molecular formula is C85H90N4O. The van der Waals surface area contributed by atoms with E-state index in [1.807, 2.05) is 65.2 Å². The van der Waals surface area contributed by atoms with Crippen LogP contribution in [-0.2, 0) is 32.5 Å². The van der Waals surface area contributed by atoms with Crippen molar-refractivity contribution in [1.82, 2.24) is 14.1 Å². The van der Waals surface area contributed by atoms with E-state index in [4.69, 9.17) is 20.7 Å². The quantitative estimate of drug-likeness (QED) is 0.107. The first kappa shape index (κ1) is 52.0. The molecule has 12 aromatic rings. The highest BCUT2D eigenvalue weighted by molar-refractivity contribution is 6.09. The van der Waals surface area contributed by atoms with Crippen LogP contribution in [0.1, 0.15) is 175 Å². The van der Waals surface area contributed by atoms with Gasteiger partial charge >= 0.3 is 0 Å². The van der Waals surface area contributed by atoms with E-state index in [0.29, 0.717) is 17.0 Å². The standard InChI is InChI=1S/C85H90N4O/c1-54-39-78(86-52-73(54)55-27-21-20-22-28-55)89-74-34-24-23-31-71(74)72-37-36-68(51-76(72)89)90-67-30-25-29-66(50-67)87-53-88(75-38-35-56(46-77(75)87)57-40-60(80(2,3)4)47-61(41-57)81(5,6)7)79-69(58-42-62(82(8,9)10)48-63(43-58)83(11,12)13)32-26-33-70(79)59-44-64(84(14,15)16)49-65(45-59)85(17,18)19/h20-52H,1-19H3/i1D3,20D,21D,22D,27D,28D. The average Bonchev–Trinajstić information content (AvgIpc) is 1.52. The van der Waals surface area contributed by atoms with Gasteiger partial charge in [0, 0.05) is 32.7 Å². The van der Waals surface area contributed by atoms with Crippen molar-refractivity contribution in [3.63, 3.8) is 0 Å². The van der Waals surface area contributed by atoms with Crippen LogP contribution in [0.2, 0.25) is 0 Å². The molecule has 3 heterocycles. The molecule has 0 aliphatic rings. The molecule has 0 aliphatic heterocycles. The number of hydrogen-bond acceptors (Lipinski definition) is 2. The molecule has 5 heteroatoms. The van der Waals surface area contributed by atoms with Gasteiger partial charge in [-0.25, -0.2) is 4.98 Å². The molecule has 0 bridgehead atoms. The number of hydrogen-bond donors (Lipinski definition) is 0.